The van der Waals surface area contributed by atoms with Crippen molar-refractivity contribution in [2.24, 2.45) is 0 Å². The highest BCUT2D eigenvalue weighted by Crippen LogP contribution is 2.29. The Hall–Kier alpha value is -3.03. The molecule has 1 heterocycles. The fourth-order valence-corrected chi connectivity index (χ4v) is 2.67. The van der Waals surface area contributed by atoms with E-state index in [0.29, 0.717) is 12.1 Å². The molecule has 1 aliphatic rings. The predicted octanol–water partition coefficient (Wildman–Crippen LogP) is 0.0979. The number of nitrogens with one attached hydrogen (secondary N) is 2. The van der Waals surface area contributed by atoms with E-state index in [1.165, 1.54) is 19.0 Å². The van der Waals surface area contributed by atoms with Crippen molar-refractivity contribution in [1.29, 1.82) is 0 Å². The molecule has 2 N–H and O–H groups in total. The maximum atomic E-state index is 12.4. The molecule has 134 valence electrons. The van der Waals surface area contributed by atoms with Gasteiger partial charge in [-0.3, -0.25) is 9.59 Å². The van der Waals surface area contributed by atoms with Crippen LogP contribution >= 0.6 is 0 Å². The van der Waals surface area contributed by atoms with Crippen LogP contribution in [-0.2, 0) is 14.3 Å². The maximum absolute atomic E-state index is 12.4. The number of rotatable bonds is 5. The van der Waals surface area contributed by atoms with E-state index in [0.717, 1.165) is 0 Å². The summed E-state index contributed by atoms with van der Waals surface area (Å²) in [6.45, 7) is 2.19. The number of hydrogen-bond donors (Lipinski definition) is 2. The molecule has 1 aromatic carbocycles. The van der Waals surface area contributed by atoms with Crippen molar-refractivity contribution in [2.75, 3.05) is 27.7 Å². The Kier molecular flexibility index (Phi) is 5.63. The third-order valence-corrected chi connectivity index (χ3v) is 3.91. The molecule has 1 unspecified atom stereocenters. The molecule has 0 spiro atoms. The molecule has 0 radical (unpaired) electrons. The van der Waals surface area contributed by atoms with E-state index in [4.69, 9.17) is 4.74 Å². The first-order valence-corrected chi connectivity index (χ1v) is 7.90. The molecule has 1 atom stereocenters. The van der Waals surface area contributed by atoms with Crippen LogP contribution in [0.1, 0.15) is 17.3 Å². The lowest BCUT2D eigenvalue weighted by Gasteiger charge is -2.30. The van der Waals surface area contributed by atoms with Gasteiger partial charge in [0.1, 0.15) is 11.4 Å². The number of nitrogens with zero attached hydrogens (tertiary/aromatic N) is 2. The molecule has 2 amide bonds. The Bertz CT molecular complexity index is 702. The predicted molar refractivity (Wildman–Crippen MR) is 90.9 cm³/mol. The second-order valence-corrected chi connectivity index (χ2v) is 5.35. The topological polar surface area (TPSA) is 91.0 Å². The van der Waals surface area contributed by atoms with E-state index >= 15 is 0 Å². The Morgan fingerprint density at radius 2 is 1.60 bits per heavy atom. The van der Waals surface area contributed by atoms with Crippen LogP contribution in [0.25, 0.3) is 0 Å². The highest BCUT2D eigenvalue weighted by atomic mass is 16.6. The Morgan fingerprint density at radius 1 is 1.04 bits per heavy atom. The highest BCUT2D eigenvalue weighted by Gasteiger charge is 2.43. The summed E-state index contributed by atoms with van der Waals surface area (Å²) >= 11 is 0. The van der Waals surface area contributed by atoms with Gasteiger partial charge in [-0.15, -0.1) is 0 Å². The molecule has 8 heteroatoms. The van der Waals surface area contributed by atoms with Crippen molar-refractivity contribution in [1.82, 2.24) is 20.4 Å². The third kappa shape index (κ3) is 3.42. The number of carbonyl (C=O) groups is 3. The summed E-state index contributed by atoms with van der Waals surface area (Å²) in [6.07, 6.45) is -0.891. The van der Waals surface area contributed by atoms with Crippen LogP contribution in [0.4, 0.5) is 0 Å². The van der Waals surface area contributed by atoms with Gasteiger partial charge < -0.3 is 25.2 Å². The summed E-state index contributed by atoms with van der Waals surface area (Å²) in [4.78, 5) is 40.0. The van der Waals surface area contributed by atoms with Crippen LogP contribution in [0.2, 0.25) is 0 Å². The quantitative estimate of drug-likeness (QED) is 0.735. The van der Waals surface area contributed by atoms with Gasteiger partial charge in [-0.05, 0) is 19.1 Å². The number of carbonyl (C=O) groups excluding carboxylic acids is 3. The Labute approximate surface area is 146 Å². The lowest BCUT2D eigenvalue weighted by molar-refractivity contribution is -0.121. The van der Waals surface area contributed by atoms with Crippen molar-refractivity contribution in [3.63, 3.8) is 0 Å². The number of esters is 1. The summed E-state index contributed by atoms with van der Waals surface area (Å²) in [7, 11) is 4.56. The van der Waals surface area contributed by atoms with E-state index in [2.05, 4.69) is 10.6 Å². The van der Waals surface area contributed by atoms with Crippen LogP contribution in [-0.4, -0.2) is 61.6 Å². The molecule has 0 bridgehead atoms. The van der Waals surface area contributed by atoms with Gasteiger partial charge in [0.15, 0.2) is 0 Å². The molecule has 0 aliphatic carbocycles. The van der Waals surface area contributed by atoms with Gasteiger partial charge in [0.05, 0.1) is 5.56 Å². The van der Waals surface area contributed by atoms with Gasteiger partial charge in [-0.1, -0.05) is 18.2 Å². The Balaban J connectivity index is 2.36. The normalized spacial score (nSPS) is 16.7. The van der Waals surface area contributed by atoms with Crippen molar-refractivity contribution in [2.45, 2.75) is 13.3 Å². The summed E-state index contributed by atoms with van der Waals surface area (Å²) in [5, 5.41) is 5.03. The monoisotopic (exact) mass is 346 g/mol. The molecule has 25 heavy (non-hydrogen) atoms. The second-order valence-electron chi connectivity index (χ2n) is 5.35. The molecule has 1 aromatic rings. The SMILES string of the molecule is CCN1C(C(=O)NC)=C(C(=O)NC)N(C)C1OC(=O)c1ccccc1. The van der Waals surface area contributed by atoms with E-state index in [1.54, 1.807) is 42.3 Å². The van der Waals surface area contributed by atoms with E-state index in [-0.39, 0.29) is 11.4 Å². The fraction of sp³-hybridized carbons (Fsp3) is 0.353. The summed E-state index contributed by atoms with van der Waals surface area (Å²) < 4.78 is 5.57. The van der Waals surface area contributed by atoms with Crippen LogP contribution in [0.5, 0.6) is 0 Å². The molecule has 1 aliphatic heterocycles. The standard InChI is InChI=1S/C17H22N4O4/c1-5-21-13(15(23)19-3)12(14(22)18-2)20(4)17(21)25-16(24)11-9-7-6-8-10-11/h6-10,17H,5H2,1-4H3,(H,18,22)(H,19,23). The maximum Gasteiger partial charge on any atom is 0.341 e. The molecular formula is C17H22N4O4. The number of hydrogen-bond acceptors (Lipinski definition) is 6. The lowest BCUT2D eigenvalue weighted by Crippen LogP contribution is -2.44. The molecular weight excluding hydrogens is 324 g/mol. The molecule has 2 rings (SSSR count). The fourth-order valence-electron chi connectivity index (χ4n) is 2.67. The largest absolute Gasteiger partial charge is 0.419 e. The van der Waals surface area contributed by atoms with Crippen LogP contribution in [0, 0.1) is 0 Å². The molecule has 8 nitrogen and oxygen atoms in total. The average Bonchev–Trinajstić information content (AvgIpc) is 2.92. The van der Waals surface area contributed by atoms with Crippen LogP contribution in [0.15, 0.2) is 41.7 Å². The van der Waals surface area contributed by atoms with Crippen LogP contribution < -0.4 is 10.6 Å². The minimum absolute atomic E-state index is 0.148. The summed E-state index contributed by atoms with van der Waals surface area (Å²) in [5.41, 5.74) is 0.703. The van der Waals surface area contributed by atoms with E-state index < -0.39 is 24.1 Å². The highest BCUT2D eigenvalue weighted by molar-refractivity contribution is 6.04. The third-order valence-electron chi connectivity index (χ3n) is 3.91. The van der Waals surface area contributed by atoms with Crippen molar-refractivity contribution in [3.05, 3.63) is 47.3 Å². The van der Waals surface area contributed by atoms with Crippen molar-refractivity contribution >= 4 is 17.8 Å². The van der Waals surface area contributed by atoms with Crippen LogP contribution in [0.3, 0.4) is 0 Å². The van der Waals surface area contributed by atoms with Gasteiger partial charge in [-0.25, -0.2) is 4.79 Å². The van der Waals surface area contributed by atoms with Gasteiger partial charge in [0.25, 0.3) is 18.2 Å². The van der Waals surface area contributed by atoms with Crippen molar-refractivity contribution < 1.29 is 19.1 Å². The van der Waals surface area contributed by atoms with Crippen molar-refractivity contribution in [3.8, 4) is 0 Å². The molecule has 0 saturated heterocycles. The minimum atomic E-state index is -0.891. The summed E-state index contributed by atoms with van der Waals surface area (Å²) in [6, 6.07) is 8.54. The zero-order chi connectivity index (χ0) is 18.6. The van der Waals surface area contributed by atoms with Gasteiger partial charge in [0.2, 0.25) is 0 Å². The first kappa shape index (κ1) is 18.3. The first-order valence-electron chi connectivity index (χ1n) is 7.90. The zero-order valence-corrected chi connectivity index (χ0v) is 14.7. The first-order chi connectivity index (χ1) is 12.0. The molecule has 0 fully saturated rings. The smallest absolute Gasteiger partial charge is 0.341 e. The minimum Gasteiger partial charge on any atom is -0.419 e. The number of likely N-dealkylation sites (N-methyl/N-ethyl adjacent to an activating group) is 4. The van der Waals surface area contributed by atoms with Gasteiger partial charge in [-0.2, -0.15) is 0 Å². The molecule has 0 saturated carbocycles. The number of amides is 2. The number of ether oxygens (including phenoxy) is 1. The zero-order valence-electron chi connectivity index (χ0n) is 14.7. The Morgan fingerprint density at radius 3 is 2.12 bits per heavy atom. The van der Waals surface area contributed by atoms with E-state index in [1.807, 2.05) is 6.92 Å². The molecule has 0 aromatic heterocycles. The average molecular weight is 346 g/mol. The lowest BCUT2D eigenvalue weighted by atomic mass is 10.2. The van der Waals surface area contributed by atoms with E-state index in [9.17, 15) is 14.4 Å². The number of benzene rings is 1. The van der Waals surface area contributed by atoms with Gasteiger partial charge in [0, 0.05) is 27.7 Å². The van der Waals surface area contributed by atoms with Gasteiger partial charge >= 0.3 is 5.97 Å². The summed E-state index contributed by atoms with van der Waals surface area (Å²) in [5.74, 6) is -1.39. The second kappa shape index (κ2) is 7.69.